The molecule has 0 amide bonds. The molecule has 0 saturated carbocycles. The van der Waals surface area contributed by atoms with Gasteiger partial charge < -0.3 is 18.8 Å². The SMILES string of the molecule is [2H]C(C)(C)c1ccc(-c2cc(C(C)(C)C)cc(C(C([2H])([2H])[2H])(C([2H])([2H])[2H])C([2H])([2H])[2H])c2)c2c1c1ccccc1c1ccccc1c1cccc3c1n2[CH-]N3c1[c-]c(Oc2[c-]c3c(cc2)c2ccccc2n3-c2cc(C(C)(C)C)ccn2)ccc1.[Pt]. The van der Waals surface area contributed by atoms with E-state index in [-0.39, 0.29) is 32.0 Å². The maximum absolute atomic E-state index is 9.87. The first-order valence-electron chi connectivity index (χ1n) is 30.2. The van der Waals surface area contributed by atoms with Gasteiger partial charge in [-0.3, -0.25) is 0 Å². The summed E-state index contributed by atoms with van der Waals surface area (Å²) in [5, 5.41) is 7.28. The zero-order valence-electron chi connectivity index (χ0n) is 53.3. The third-order valence-electron chi connectivity index (χ3n) is 14.6. The maximum atomic E-state index is 9.87. The molecule has 0 spiro atoms. The quantitative estimate of drug-likeness (QED) is 0.156. The molecule has 8 aromatic carbocycles. The van der Waals surface area contributed by atoms with Crippen LogP contribution in [-0.4, -0.2) is 14.1 Å². The number of hydrogen-bond donors (Lipinski definition) is 0. The van der Waals surface area contributed by atoms with Gasteiger partial charge >= 0.3 is 0 Å². The molecule has 0 bridgehead atoms. The Bertz CT molecular complexity index is 4520. The standard InChI is InChI=1S/C69H63N4O.Pt/c1-43(2)51-32-33-52(44-36-46(68(6,7)8)38-47(37-44)69(9,10)11)66-64(51)58-26-15-14-23-54(58)53-22-12-13-24-55(53)59-27-19-29-61-65(59)72(66)42-71(61)48-20-18-21-49(40-48)74-50-30-31-57-56-25-16-17-28-60(56)73(62(57)41-50)63-39-45(34-35-70-63)67(3,4)5;/h12-39,42-43H,1-11H3;/q-3;/i6D3,7D3,8D3,43D;. The molecule has 3 aromatic heterocycles. The molecule has 378 valence electrons. The first-order chi connectivity index (χ1) is 39.5. The van der Waals surface area contributed by atoms with Crippen molar-refractivity contribution in [2.75, 3.05) is 4.90 Å². The van der Waals surface area contributed by atoms with Crippen molar-refractivity contribution in [3.05, 3.63) is 211 Å². The molecule has 0 radical (unpaired) electrons. The van der Waals surface area contributed by atoms with E-state index in [1.807, 2.05) is 143 Å². The Morgan fingerprint density at radius 1 is 0.573 bits per heavy atom. The smallest absolute Gasteiger partial charge is 0.135 e. The Balaban J connectivity index is 0.00000752. The van der Waals surface area contributed by atoms with E-state index in [4.69, 9.17) is 22.1 Å². The van der Waals surface area contributed by atoms with Crippen LogP contribution in [0.2, 0.25) is 0 Å². The van der Waals surface area contributed by atoms with Gasteiger partial charge in [-0.05, 0) is 135 Å². The number of hydrogen-bond acceptors (Lipinski definition) is 3. The van der Waals surface area contributed by atoms with Gasteiger partial charge in [-0.1, -0.05) is 196 Å². The summed E-state index contributed by atoms with van der Waals surface area (Å²) in [6.07, 6.45) is 1.85. The van der Waals surface area contributed by atoms with Crippen LogP contribution >= 0.6 is 0 Å². The molecule has 0 unspecified atom stereocenters. The number of para-hydroxylation sites is 2. The van der Waals surface area contributed by atoms with Crippen LogP contribution in [-0.2, 0) is 37.3 Å². The summed E-state index contributed by atoms with van der Waals surface area (Å²) < 4.78 is 101. The van der Waals surface area contributed by atoms with Crippen LogP contribution < -0.4 is 9.64 Å². The van der Waals surface area contributed by atoms with Gasteiger partial charge in [0.2, 0.25) is 0 Å². The fourth-order valence-corrected chi connectivity index (χ4v) is 10.8. The summed E-state index contributed by atoms with van der Waals surface area (Å²) in [7, 11) is 0. The number of rotatable bonds is 6. The summed E-state index contributed by atoms with van der Waals surface area (Å²) in [4.78, 5) is 6.91. The van der Waals surface area contributed by atoms with Gasteiger partial charge in [0.25, 0.3) is 0 Å². The van der Waals surface area contributed by atoms with Crippen molar-refractivity contribution in [3.63, 3.8) is 0 Å². The minimum Gasteiger partial charge on any atom is -0.509 e. The van der Waals surface area contributed by atoms with E-state index >= 15 is 0 Å². The Hall–Kier alpha value is -7.33. The van der Waals surface area contributed by atoms with Gasteiger partial charge in [-0.2, -0.15) is 12.1 Å². The number of pyridine rings is 1. The van der Waals surface area contributed by atoms with Gasteiger partial charge in [0.15, 0.2) is 0 Å². The molecular weight excluding hydrogens is 1100 g/mol. The molecule has 0 fully saturated rings. The van der Waals surface area contributed by atoms with E-state index in [0.717, 1.165) is 71.3 Å². The van der Waals surface area contributed by atoms with Crippen molar-refractivity contribution < 1.29 is 39.5 Å². The zero-order chi connectivity index (χ0) is 59.8. The molecule has 6 heteroatoms. The van der Waals surface area contributed by atoms with Crippen LogP contribution in [0.4, 0.5) is 11.4 Å². The Morgan fingerprint density at radius 2 is 1.20 bits per heavy atom. The monoisotopic (exact) mass is 1170 g/mol. The molecule has 1 aliphatic heterocycles. The third-order valence-corrected chi connectivity index (χ3v) is 14.6. The number of benzene rings is 8. The molecule has 4 heterocycles. The van der Waals surface area contributed by atoms with Crippen LogP contribution in [0.3, 0.4) is 0 Å². The summed E-state index contributed by atoms with van der Waals surface area (Å²) in [5.74, 6) is 0.465. The molecule has 0 atom stereocenters. The predicted octanol–water partition coefficient (Wildman–Crippen LogP) is 18.9. The molecule has 0 aliphatic carbocycles. The van der Waals surface area contributed by atoms with Crippen LogP contribution in [0.25, 0.3) is 82.1 Å². The van der Waals surface area contributed by atoms with Crippen molar-refractivity contribution in [1.29, 1.82) is 0 Å². The van der Waals surface area contributed by atoms with Crippen LogP contribution in [0.5, 0.6) is 11.5 Å². The summed E-state index contributed by atoms with van der Waals surface area (Å²) in [5.41, 5.74) is 3.45. The molecular formula is C69H63N4OPt-3. The van der Waals surface area contributed by atoms with Gasteiger partial charge in [-0.25, -0.2) is 4.98 Å². The average Bonchev–Trinajstić information content (AvgIpc) is 1.47. The van der Waals surface area contributed by atoms with Crippen LogP contribution in [0.15, 0.2) is 170 Å². The normalized spacial score (nSPS) is 15.4. The van der Waals surface area contributed by atoms with Crippen molar-refractivity contribution in [2.24, 2.45) is 0 Å². The molecule has 0 saturated heterocycles. The fraction of sp³-hybridized carbons (Fsp3) is 0.217. The Morgan fingerprint density at radius 3 is 1.91 bits per heavy atom. The van der Waals surface area contributed by atoms with Gasteiger partial charge in [-0.15, -0.1) is 35.7 Å². The van der Waals surface area contributed by atoms with E-state index in [2.05, 4.69) is 103 Å². The zero-order valence-corrected chi connectivity index (χ0v) is 45.5. The van der Waals surface area contributed by atoms with Gasteiger partial charge in [0.05, 0.1) is 0 Å². The van der Waals surface area contributed by atoms with Crippen molar-refractivity contribution in [2.45, 2.75) is 98.1 Å². The van der Waals surface area contributed by atoms with Gasteiger partial charge in [0.1, 0.15) is 5.82 Å². The van der Waals surface area contributed by atoms with Crippen molar-refractivity contribution >= 4 is 76.5 Å². The summed E-state index contributed by atoms with van der Waals surface area (Å²) >= 11 is 0. The van der Waals surface area contributed by atoms with E-state index in [1.165, 1.54) is 12.1 Å². The summed E-state index contributed by atoms with van der Waals surface area (Å²) in [6.45, 7) is 7.48. The molecule has 0 N–H and O–H groups in total. The number of fused-ring (bicyclic) bond motifs is 10. The Kier molecular flexibility index (Phi) is 9.65. The second-order valence-corrected chi connectivity index (χ2v) is 21.9. The second kappa shape index (κ2) is 18.5. The number of aromatic nitrogens is 3. The van der Waals surface area contributed by atoms with E-state index < -0.39 is 37.3 Å². The predicted molar refractivity (Wildman–Crippen MR) is 312 cm³/mol. The molecule has 75 heavy (non-hydrogen) atoms. The summed E-state index contributed by atoms with van der Waals surface area (Å²) in [6, 6.07) is 60.5. The minimum absolute atomic E-state index is 0. The Labute approximate surface area is 470 Å². The molecule has 1 aliphatic rings. The number of ether oxygens (including phenoxy) is 1. The average molecular weight is 1170 g/mol. The van der Waals surface area contributed by atoms with E-state index in [1.54, 1.807) is 0 Å². The van der Waals surface area contributed by atoms with Crippen LogP contribution in [0, 0.1) is 18.8 Å². The molecule has 12 rings (SSSR count). The molecule has 5 nitrogen and oxygen atoms in total. The first kappa shape index (κ1) is 39.1. The van der Waals surface area contributed by atoms with Crippen molar-refractivity contribution in [1.82, 2.24) is 14.1 Å². The van der Waals surface area contributed by atoms with E-state index in [0.29, 0.717) is 50.3 Å². The number of anilines is 2. The van der Waals surface area contributed by atoms with Crippen molar-refractivity contribution in [3.8, 4) is 28.4 Å². The topological polar surface area (TPSA) is 35.2 Å². The fourth-order valence-electron chi connectivity index (χ4n) is 10.8. The second-order valence-electron chi connectivity index (χ2n) is 21.9. The maximum Gasteiger partial charge on any atom is 0.135 e. The molecule has 11 aromatic rings. The van der Waals surface area contributed by atoms with Gasteiger partial charge in [0, 0.05) is 63.7 Å². The third kappa shape index (κ3) is 8.64. The van der Waals surface area contributed by atoms with Crippen LogP contribution in [0.1, 0.15) is 118 Å². The number of nitrogens with zero attached hydrogens (tertiary/aromatic N) is 4. The van der Waals surface area contributed by atoms with E-state index in [9.17, 15) is 1.37 Å². The largest absolute Gasteiger partial charge is 0.509 e. The first-order valence-corrected chi connectivity index (χ1v) is 25.2. The minimum atomic E-state index is -3.51.